The minimum absolute atomic E-state index is 0.0550. The number of alkyl halides is 3. The van der Waals surface area contributed by atoms with Crippen LogP contribution in [0.3, 0.4) is 0 Å². The summed E-state index contributed by atoms with van der Waals surface area (Å²) in [5.74, 6) is -1.17. The molecule has 1 fully saturated rings. The largest absolute Gasteiger partial charge is 0.491 e. The summed E-state index contributed by atoms with van der Waals surface area (Å²) < 4.78 is 49.2. The van der Waals surface area contributed by atoms with Crippen LogP contribution in [0.15, 0.2) is 54.9 Å². The van der Waals surface area contributed by atoms with Crippen LogP contribution in [-0.2, 0) is 22.6 Å². The van der Waals surface area contributed by atoms with E-state index < -0.39 is 30.6 Å². The number of likely N-dealkylation sites (N-methyl/N-ethyl adjacent to an activating group) is 1. The fourth-order valence-corrected chi connectivity index (χ4v) is 6.20. The maximum atomic E-state index is 12.9. The average Bonchev–Trinajstić information content (AvgIpc) is 3.63. The molecule has 5 rings (SSSR count). The molecule has 0 radical (unpaired) electrons. The normalized spacial score (nSPS) is 17.6. The fourth-order valence-electron chi connectivity index (χ4n) is 5.18. The number of carboxylic acid groups (broad SMARTS) is 2. The van der Waals surface area contributed by atoms with Gasteiger partial charge in [0.25, 0.3) is 5.88 Å². The first-order valence-corrected chi connectivity index (χ1v) is 15.2. The minimum atomic E-state index is -4.29. The Labute approximate surface area is 276 Å². The molecule has 0 amide bonds. The van der Waals surface area contributed by atoms with Crippen molar-refractivity contribution in [2.24, 2.45) is 0 Å². The number of aliphatic hydroxyl groups excluding tert-OH is 1. The molecule has 0 saturated heterocycles. The van der Waals surface area contributed by atoms with Crippen molar-refractivity contribution in [3.8, 4) is 22.9 Å². The number of benzene rings is 1. The molecular formula is C31H33F3N6O7S. The topological polar surface area (TPSA) is 180 Å². The van der Waals surface area contributed by atoms with E-state index in [9.17, 15) is 27.9 Å². The summed E-state index contributed by atoms with van der Waals surface area (Å²) in [5, 5.41) is 38.8. The smallest absolute Gasteiger partial charge is 0.393 e. The molecule has 4 aromatic rings. The van der Waals surface area contributed by atoms with Gasteiger partial charge in [-0.2, -0.15) is 13.2 Å². The number of ether oxygens (including phenoxy) is 2. The van der Waals surface area contributed by atoms with Gasteiger partial charge < -0.3 is 35.0 Å². The summed E-state index contributed by atoms with van der Waals surface area (Å²) in [5.41, 5.74) is 2.62. The SMILES string of the molecule is COc1cc(-c2ccc(CN[C@H]3C[C@@H](O)[C@@H](N(C)c4ncnc5sc(CC(F)(F)F)cc45)C3)cc2)nnc1OC.O=C(O)/C=C\C(=O)O. The van der Waals surface area contributed by atoms with Gasteiger partial charge in [0.15, 0.2) is 5.75 Å². The Bertz CT molecular complexity index is 1740. The zero-order chi connectivity index (χ0) is 35.0. The molecule has 48 heavy (non-hydrogen) atoms. The van der Waals surface area contributed by atoms with E-state index in [1.165, 1.54) is 19.5 Å². The van der Waals surface area contributed by atoms with Crippen LogP contribution >= 0.6 is 11.3 Å². The third-order valence-corrected chi connectivity index (χ3v) is 8.46. The van der Waals surface area contributed by atoms with Gasteiger partial charge in [-0.3, -0.25) is 0 Å². The molecule has 1 saturated carbocycles. The Kier molecular flexibility index (Phi) is 11.9. The molecule has 0 unspecified atom stereocenters. The van der Waals surface area contributed by atoms with Crippen molar-refractivity contribution in [3.63, 3.8) is 0 Å². The second kappa shape index (κ2) is 15.8. The second-order valence-electron chi connectivity index (χ2n) is 10.7. The highest BCUT2D eigenvalue weighted by molar-refractivity contribution is 7.18. The lowest BCUT2D eigenvalue weighted by molar-refractivity contribution is -0.134. The Morgan fingerprint density at radius 3 is 2.33 bits per heavy atom. The summed E-state index contributed by atoms with van der Waals surface area (Å²) in [7, 11) is 4.87. The van der Waals surface area contributed by atoms with E-state index in [-0.39, 0.29) is 17.0 Å². The fraction of sp³-hybridized carbons (Fsp3) is 0.355. The summed E-state index contributed by atoms with van der Waals surface area (Å²) in [6.07, 6.45) is -2.24. The first kappa shape index (κ1) is 36.0. The number of carboxylic acids is 2. The summed E-state index contributed by atoms with van der Waals surface area (Å²) in [6.45, 7) is 0.606. The van der Waals surface area contributed by atoms with Gasteiger partial charge in [0.05, 0.1) is 43.9 Å². The van der Waals surface area contributed by atoms with Crippen molar-refractivity contribution >= 4 is 39.3 Å². The van der Waals surface area contributed by atoms with E-state index in [0.29, 0.717) is 64.9 Å². The second-order valence-corrected chi connectivity index (χ2v) is 11.8. The summed E-state index contributed by atoms with van der Waals surface area (Å²) in [6, 6.07) is 11.0. The van der Waals surface area contributed by atoms with Crippen molar-refractivity contribution in [2.45, 2.75) is 50.2 Å². The van der Waals surface area contributed by atoms with Crippen LogP contribution in [0.4, 0.5) is 19.0 Å². The quantitative estimate of drug-likeness (QED) is 0.165. The maximum Gasteiger partial charge on any atom is 0.393 e. The molecule has 0 aliphatic heterocycles. The number of fused-ring (bicyclic) bond motifs is 1. The van der Waals surface area contributed by atoms with Crippen molar-refractivity contribution in [1.82, 2.24) is 25.5 Å². The molecule has 1 aromatic carbocycles. The van der Waals surface area contributed by atoms with Crippen molar-refractivity contribution in [3.05, 3.63) is 65.3 Å². The van der Waals surface area contributed by atoms with E-state index in [1.807, 2.05) is 36.2 Å². The van der Waals surface area contributed by atoms with Crippen LogP contribution in [0.2, 0.25) is 0 Å². The van der Waals surface area contributed by atoms with Crippen LogP contribution in [0, 0.1) is 0 Å². The van der Waals surface area contributed by atoms with Gasteiger partial charge >= 0.3 is 18.1 Å². The molecule has 4 N–H and O–H groups in total. The molecule has 0 spiro atoms. The first-order valence-electron chi connectivity index (χ1n) is 14.4. The molecule has 1 aliphatic rings. The van der Waals surface area contributed by atoms with Crippen LogP contribution in [0.5, 0.6) is 11.6 Å². The molecule has 13 nitrogen and oxygen atoms in total. The number of halogens is 3. The van der Waals surface area contributed by atoms with Gasteiger partial charge in [-0.15, -0.1) is 21.5 Å². The molecule has 256 valence electrons. The van der Waals surface area contributed by atoms with Crippen molar-refractivity contribution in [1.29, 1.82) is 0 Å². The maximum absolute atomic E-state index is 12.9. The molecule has 3 atom stereocenters. The number of anilines is 1. The zero-order valence-corrected chi connectivity index (χ0v) is 26.8. The minimum Gasteiger partial charge on any atom is -0.491 e. The van der Waals surface area contributed by atoms with Gasteiger partial charge in [0, 0.05) is 48.3 Å². The third-order valence-electron chi connectivity index (χ3n) is 7.42. The number of methoxy groups -OCH3 is 2. The predicted octanol–water partition coefficient (Wildman–Crippen LogP) is 4.10. The number of thiophene rings is 1. The monoisotopic (exact) mass is 690 g/mol. The molecular weight excluding hydrogens is 657 g/mol. The average molecular weight is 691 g/mol. The predicted molar refractivity (Wildman–Crippen MR) is 170 cm³/mol. The van der Waals surface area contributed by atoms with Crippen molar-refractivity contribution < 1.29 is 47.6 Å². The van der Waals surface area contributed by atoms with Crippen LogP contribution < -0.4 is 19.7 Å². The lowest BCUT2D eigenvalue weighted by Crippen LogP contribution is -2.38. The standard InChI is InChI=1S/C27H29F3N6O3S.C4H4O4/c1-36(24-19-10-18(12-27(28,29)30)40-26(19)33-14-32-24)21-8-17(9-22(21)37)31-13-15-4-6-16(7-5-15)20-11-23(38-2)25(39-3)35-34-20;5-3(6)1-2-4(7)8/h4-7,10-11,14,17,21-22,31,37H,8-9,12-13H2,1-3H3;1-2H,(H,5,6)(H,7,8)/b;2-1-/t17-,21+,22-;/m1./s1. The first-order chi connectivity index (χ1) is 22.8. The van der Waals surface area contributed by atoms with E-state index >= 15 is 0 Å². The van der Waals surface area contributed by atoms with E-state index in [0.717, 1.165) is 22.5 Å². The number of carbonyl (C=O) groups is 2. The van der Waals surface area contributed by atoms with Crippen LogP contribution in [-0.4, -0.2) is 93.1 Å². The highest BCUT2D eigenvalue weighted by atomic mass is 32.1. The number of nitrogens with one attached hydrogen (secondary N) is 1. The van der Waals surface area contributed by atoms with Crippen LogP contribution in [0.25, 0.3) is 21.5 Å². The molecule has 1 aliphatic carbocycles. The number of aromatic nitrogens is 4. The number of hydrogen-bond donors (Lipinski definition) is 4. The van der Waals surface area contributed by atoms with E-state index in [2.05, 4.69) is 25.5 Å². The molecule has 17 heteroatoms. The molecule has 3 aromatic heterocycles. The van der Waals surface area contributed by atoms with Crippen molar-refractivity contribution in [2.75, 3.05) is 26.2 Å². The number of rotatable bonds is 11. The van der Waals surface area contributed by atoms with Gasteiger partial charge in [-0.25, -0.2) is 19.6 Å². The number of aliphatic hydroxyl groups is 1. The lowest BCUT2D eigenvalue weighted by Gasteiger charge is -2.28. The van der Waals surface area contributed by atoms with Gasteiger partial charge in [-0.05, 0) is 24.5 Å². The Hall–Kier alpha value is -4.87. The Morgan fingerprint density at radius 2 is 1.73 bits per heavy atom. The van der Waals surface area contributed by atoms with Gasteiger partial charge in [0.2, 0.25) is 0 Å². The third kappa shape index (κ3) is 9.58. The highest BCUT2D eigenvalue weighted by Crippen LogP contribution is 2.36. The zero-order valence-electron chi connectivity index (χ0n) is 26.0. The number of hydrogen-bond acceptors (Lipinski definition) is 12. The van der Waals surface area contributed by atoms with Gasteiger partial charge in [0.1, 0.15) is 17.0 Å². The van der Waals surface area contributed by atoms with E-state index in [4.69, 9.17) is 19.7 Å². The summed E-state index contributed by atoms with van der Waals surface area (Å²) in [4.78, 5) is 30.2. The van der Waals surface area contributed by atoms with Crippen LogP contribution in [0.1, 0.15) is 23.3 Å². The van der Waals surface area contributed by atoms with E-state index in [1.54, 1.807) is 13.2 Å². The summed E-state index contributed by atoms with van der Waals surface area (Å²) >= 11 is 1.02. The Balaban J connectivity index is 0.000000579. The Morgan fingerprint density at radius 1 is 1.04 bits per heavy atom. The molecule has 0 bridgehead atoms. The number of aliphatic carboxylic acids is 2. The molecule has 3 heterocycles. The highest BCUT2D eigenvalue weighted by Gasteiger charge is 2.37. The number of nitrogens with zero attached hydrogens (tertiary/aromatic N) is 5. The van der Waals surface area contributed by atoms with Gasteiger partial charge in [-0.1, -0.05) is 24.3 Å². The lowest BCUT2D eigenvalue weighted by atomic mass is 10.1.